The Labute approximate surface area is 167 Å². The van der Waals surface area contributed by atoms with E-state index >= 15 is 0 Å². The summed E-state index contributed by atoms with van der Waals surface area (Å²) in [5.41, 5.74) is 7.19. The summed E-state index contributed by atoms with van der Waals surface area (Å²) < 4.78 is 5.83. The van der Waals surface area contributed by atoms with E-state index < -0.39 is 6.04 Å². The third-order valence-electron chi connectivity index (χ3n) is 5.14. The Hall–Kier alpha value is -1.35. The average Bonchev–Trinajstić information content (AvgIpc) is 2.68. The molecule has 1 atom stereocenters. The number of rotatable bonds is 16. The van der Waals surface area contributed by atoms with Gasteiger partial charge in [0.1, 0.15) is 12.1 Å². The lowest BCUT2D eigenvalue weighted by Gasteiger charge is -2.20. The summed E-state index contributed by atoms with van der Waals surface area (Å²) in [4.78, 5) is 12.5. The predicted octanol–water partition coefficient (Wildman–Crippen LogP) is 6.19. The second-order valence-corrected chi connectivity index (χ2v) is 7.76. The van der Waals surface area contributed by atoms with Gasteiger partial charge in [-0.1, -0.05) is 95.5 Å². The number of unbranched alkanes of at least 4 members (excludes halogenated alkanes) is 8. The van der Waals surface area contributed by atoms with Crippen LogP contribution in [0.15, 0.2) is 30.3 Å². The summed E-state index contributed by atoms with van der Waals surface area (Å²) in [6.07, 6.45) is 14.9. The van der Waals surface area contributed by atoms with Gasteiger partial charge in [-0.25, -0.2) is 0 Å². The van der Waals surface area contributed by atoms with Gasteiger partial charge in [0.25, 0.3) is 0 Å². The maximum atomic E-state index is 12.5. The van der Waals surface area contributed by atoms with Crippen LogP contribution in [-0.2, 0) is 16.0 Å². The van der Waals surface area contributed by atoms with E-state index in [-0.39, 0.29) is 12.1 Å². The van der Waals surface area contributed by atoms with E-state index in [1.54, 1.807) is 0 Å². The highest BCUT2D eigenvalue weighted by Gasteiger charge is 2.20. The van der Waals surface area contributed by atoms with Crippen molar-refractivity contribution in [3.05, 3.63) is 35.9 Å². The number of hydrogen-bond donors (Lipinski definition) is 1. The molecule has 154 valence electrons. The Kier molecular flexibility index (Phi) is 13.8. The van der Waals surface area contributed by atoms with Crippen LogP contribution in [0.3, 0.4) is 0 Å². The SMILES string of the molecule is CCCCCCCC(CCCCCCC)OC(=O)[C@@H](N)Cc1ccccc1. The third-order valence-corrected chi connectivity index (χ3v) is 5.14. The van der Waals surface area contributed by atoms with Gasteiger partial charge in [0, 0.05) is 0 Å². The first-order valence-corrected chi connectivity index (χ1v) is 11.2. The predicted molar refractivity (Wildman–Crippen MR) is 115 cm³/mol. The molecule has 0 radical (unpaired) electrons. The second-order valence-electron chi connectivity index (χ2n) is 7.76. The molecular formula is C24H41NO2. The molecule has 3 heteroatoms. The molecule has 0 amide bonds. The number of nitrogens with two attached hydrogens (primary N) is 1. The summed E-state index contributed by atoms with van der Waals surface area (Å²) in [7, 11) is 0. The summed E-state index contributed by atoms with van der Waals surface area (Å²) in [6.45, 7) is 4.46. The van der Waals surface area contributed by atoms with E-state index in [1.807, 2.05) is 30.3 Å². The summed E-state index contributed by atoms with van der Waals surface area (Å²) >= 11 is 0. The fraction of sp³-hybridized carbons (Fsp3) is 0.708. The Bertz CT molecular complexity index is 461. The van der Waals surface area contributed by atoms with Gasteiger partial charge in [0.05, 0.1) is 0 Å². The molecule has 0 saturated heterocycles. The molecule has 1 aromatic rings. The second kappa shape index (κ2) is 15.7. The topological polar surface area (TPSA) is 52.3 Å². The standard InChI is InChI=1S/C24H41NO2/c1-3-5-7-9-14-18-22(19-15-10-8-6-4-2)27-24(26)23(25)20-21-16-12-11-13-17-21/h11-13,16-17,22-23H,3-10,14-15,18-20,25H2,1-2H3/t23-/m0/s1. The zero-order chi connectivity index (χ0) is 19.7. The molecule has 0 heterocycles. The van der Waals surface area contributed by atoms with Gasteiger partial charge in [0.15, 0.2) is 0 Å². The lowest BCUT2D eigenvalue weighted by atomic mass is 10.0. The summed E-state index contributed by atoms with van der Waals surface area (Å²) in [6, 6.07) is 9.36. The van der Waals surface area contributed by atoms with Crippen LogP contribution in [-0.4, -0.2) is 18.1 Å². The number of esters is 1. The number of carbonyl (C=O) groups excluding carboxylic acids is 1. The molecule has 0 saturated carbocycles. The van der Waals surface area contributed by atoms with Crippen molar-refractivity contribution in [3.8, 4) is 0 Å². The van der Waals surface area contributed by atoms with Crippen molar-refractivity contribution in [3.63, 3.8) is 0 Å². The Morgan fingerprint density at radius 3 is 1.89 bits per heavy atom. The zero-order valence-electron chi connectivity index (χ0n) is 17.6. The molecule has 0 spiro atoms. The number of hydrogen-bond acceptors (Lipinski definition) is 3. The largest absolute Gasteiger partial charge is 0.461 e. The van der Waals surface area contributed by atoms with Crippen LogP contribution in [0.25, 0.3) is 0 Å². The molecule has 2 N–H and O–H groups in total. The minimum atomic E-state index is -0.574. The van der Waals surface area contributed by atoms with Crippen molar-refractivity contribution in [2.75, 3.05) is 0 Å². The molecule has 1 aromatic carbocycles. The minimum absolute atomic E-state index is 0.0302. The molecule has 1 rings (SSSR count). The van der Waals surface area contributed by atoms with Gasteiger partial charge in [-0.2, -0.15) is 0 Å². The van der Waals surface area contributed by atoms with Crippen LogP contribution < -0.4 is 5.73 Å². The lowest BCUT2D eigenvalue weighted by Crippen LogP contribution is -2.36. The average molecular weight is 376 g/mol. The molecule has 0 aliphatic rings. The van der Waals surface area contributed by atoms with E-state index in [1.165, 1.54) is 51.4 Å². The van der Waals surface area contributed by atoms with Gasteiger partial charge in [-0.05, 0) is 37.7 Å². The van der Waals surface area contributed by atoms with Gasteiger partial charge in [0.2, 0.25) is 0 Å². The summed E-state index contributed by atoms with van der Waals surface area (Å²) in [5.74, 6) is -0.244. The molecular weight excluding hydrogens is 334 g/mol. The van der Waals surface area contributed by atoms with Crippen molar-refractivity contribution >= 4 is 5.97 Å². The molecule has 0 bridgehead atoms. The number of ether oxygens (including phenoxy) is 1. The number of carbonyl (C=O) groups is 1. The lowest BCUT2D eigenvalue weighted by molar-refractivity contribution is -0.151. The van der Waals surface area contributed by atoms with E-state index in [0.29, 0.717) is 6.42 Å². The molecule has 0 aromatic heterocycles. The normalized spacial score (nSPS) is 12.3. The fourth-order valence-electron chi connectivity index (χ4n) is 3.42. The van der Waals surface area contributed by atoms with E-state index in [0.717, 1.165) is 31.2 Å². The first kappa shape index (κ1) is 23.7. The van der Waals surface area contributed by atoms with Gasteiger partial charge in [-0.3, -0.25) is 4.79 Å². The van der Waals surface area contributed by atoms with Crippen LogP contribution in [0.2, 0.25) is 0 Å². The fourth-order valence-corrected chi connectivity index (χ4v) is 3.42. The van der Waals surface area contributed by atoms with Crippen LogP contribution in [0, 0.1) is 0 Å². The third kappa shape index (κ3) is 11.9. The quantitative estimate of drug-likeness (QED) is 0.277. The van der Waals surface area contributed by atoms with Gasteiger partial charge in [-0.15, -0.1) is 0 Å². The van der Waals surface area contributed by atoms with Crippen LogP contribution in [0.1, 0.15) is 96.5 Å². The highest BCUT2D eigenvalue weighted by Crippen LogP contribution is 2.17. The van der Waals surface area contributed by atoms with Gasteiger partial charge >= 0.3 is 5.97 Å². The molecule has 27 heavy (non-hydrogen) atoms. The molecule has 3 nitrogen and oxygen atoms in total. The Morgan fingerprint density at radius 1 is 0.852 bits per heavy atom. The number of benzene rings is 1. The molecule has 0 aliphatic heterocycles. The minimum Gasteiger partial charge on any atom is -0.461 e. The maximum Gasteiger partial charge on any atom is 0.323 e. The Morgan fingerprint density at radius 2 is 1.37 bits per heavy atom. The van der Waals surface area contributed by atoms with Crippen molar-refractivity contribution in [2.24, 2.45) is 5.73 Å². The zero-order valence-corrected chi connectivity index (χ0v) is 17.6. The molecule has 0 aliphatic carbocycles. The van der Waals surface area contributed by atoms with Crippen LogP contribution in [0.4, 0.5) is 0 Å². The highest BCUT2D eigenvalue weighted by molar-refractivity contribution is 5.76. The van der Waals surface area contributed by atoms with Crippen molar-refractivity contribution < 1.29 is 9.53 Å². The van der Waals surface area contributed by atoms with Crippen molar-refractivity contribution in [1.29, 1.82) is 0 Å². The first-order valence-electron chi connectivity index (χ1n) is 11.2. The monoisotopic (exact) mass is 375 g/mol. The van der Waals surface area contributed by atoms with E-state index in [2.05, 4.69) is 13.8 Å². The summed E-state index contributed by atoms with van der Waals surface area (Å²) in [5, 5.41) is 0. The smallest absolute Gasteiger partial charge is 0.323 e. The molecule has 0 unspecified atom stereocenters. The van der Waals surface area contributed by atoms with Crippen LogP contribution >= 0.6 is 0 Å². The molecule has 0 fully saturated rings. The van der Waals surface area contributed by atoms with Gasteiger partial charge < -0.3 is 10.5 Å². The highest BCUT2D eigenvalue weighted by atomic mass is 16.5. The first-order chi connectivity index (χ1) is 13.2. The van der Waals surface area contributed by atoms with Crippen molar-refractivity contribution in [2.45, 2.75) is 109 Å². The van der Waals surface area contributed by atoms with E-state index in [9.17, 15) is 4.79 Å². The maximum absolute atomic E-state index is 12.5. The van der Waals surface area contributed by atoms with E-state index in [4.69, 9.17) is 10.5 Å². The van der Waals surface area contributed by atoms with Crippen LogP contribution in [0.5, 0.6) is 0 Å². The van der Waals surface area contributed by atoms with Crippen molar-refractivity contribution in [1.82, 2.24) is 0 Å². The Balaban J connectivity index is 2.42.